The fraction of sp³-hybridized carbons (Fsp3) is 0.556. The van der Waals surface area contributed by atoms with E-state index < -0.39 is 6.04 Å². The van der Waals surface area contributed by atoms with Crippen molar-refractivity contribution in [2.75, 3.05) is 19.0 Å². The van der Waals surface area contributed by atoms with Gasteiger partial charge in [0.1, 0.15) is 0 Å². The number of nitrogens with two attached hydrogens (primary N) is 1. The Hall–Kier alpha value is -1.40. The van der Waals surface area contributed by atoms with Gasteiger partial charge in [-0.05, 0) is 12.8 Å². The molecule has 1 rings (SSSR count). The van der Waals surface area contributed by atoms with Crippen LogP contribution in [0.3, 0.4) is 0 Å². The number of aromatic nitrogens is 2. The van der Waals surface area contributed by atoms with Gasteiger partial charge >= 0.3 is 0 Å². The number of hydrogen-bond donors (Lipinski definition) is 3. The smallest absolute Gasteiger partial charge is 0.241 e. The Morgan fingerprint density at radius 2 is 2.60 bits per heavy atom. The number of rotatable bonds is 6. The monoisotopic (exact) mass is 212 g/mol. The molecule has 0 aliphatic rings. The number of methoxy groups -OCH3 is 1. The molecule has 15 heavy (non-hydrogen) atoms. The Kier molecular flexibility index (Phi) is 4.79. The number of nitrogens with zero attached hydrogens (tertiary/aromatic N) is 1. The van der Waals surface area contributed by atoms with Crippen molar-refractivity contribution in [3.05, 3.63) is 12.4 Å². The zero-order valence-corrected chi connectivity index (χ0v) is 8.69. The summed E-state index contributed by atoms with van der Waals surface area (Å²) < 4.78 is 4.88. The van der Waals surface area contributed by atoms with E-state index in [1.807, 2.05) is 0 Å². The second kappa shape index (κ2) is 6.15. The third kappa shape index (κ3) is 4.09. The Labute approximate surface area is 88.2 Å². The fourth-order valence-electron chi connectivity index (χ4n) is 1.13. The molecule has 1 amide bonds. The van der Waals surface area contributed by atoms with Gasteiger partial charge in [0.15, 0.2) is 0 Å². The quantitative estimate of drug-likeness (QED) is 0.583. The van der Waals surface area contributed by atoms with Gasteiger partial charge in [-0.1, -0.05) is 0 Å². The minimum Gasteiger partial charge on any atom is -0.385 e. The predicted molar refractivity (Wildman–Crippen MR) is 56.3 cm³/mol. The van der Waals surface area contributed by atoms with Crippen molar-refractivity contribution in [2.45, 2.75) is 18.9 Å². The molecular formula is C9H16N4O2. The van der Waals surface area contributed by atoms with Gasteiger partial charge in [0.2, 0.25) is 5.91 Å². The van der Waals surface area contributed by atoms with Crippen molar-refractivity contribution in [1.82, 2.24) is 10.2 Å². The van der Waals surface area contributed by atoms with Crippen molar-refractivity contribution >= 4 is 11.6 Å². The molecule has 0 aliphatic heterocycles. The van der Waals surface area contributed by atoms with E-state index in [0.29, 0.717) is 18.7 Å². The van der Waals surface area contributed by atoms with Crippen LogP contribution in [0.15, 0.2) is 12.4 Å². The Bertz CT molecular complexity index is 286. The van der Waals surface area contributed by atoms with Crippen molar-refractivity contribution in [2.24, 2.45) is 5.73 Å². The number of hydrogen-bond acceptors (Lipinski definition) is 4. The lowest BCUT2D eigenvalue weighted by Crippen LogP contribution is -2.35. The summed E-state index contributed by atoms with van der Waals surface area (Å²) >= 11 is 0. The zero-order chi connectivity index (χ0) is 11.1. The first-order valence-electron chi connectivity index (χ1n) is 4.78. The molecule has 84 valence electrons. The average molecular weight is 212 g/mol. The number of amides is 1. The summed E-state index contributed by atoms with van der Waals surface area (Å²) in [5.74, 6) is -0.201. The van der Waals surface area contributed by atoms with Crippen LogP contribution < -0.4 is 11.1 Å². The molecule has 0 radical (unpaired) electrons. The van der Waals surface area contributed by atoms with Crippen molar-refractivity contribution < 1.29 is 9.53 Å². The maximum Gasteiger partial charge on any atom is 0.241 e. The number of anilines is 1. The van der Waals surface area contributed by atoms with Gasteiger partial charge in [-0.25, -0.2) is 0 Å². The van der Waals surface area contributed by atoms with Crippen molar-refractivity contribution in [3.63, 3.8) is 0 Å². The highest BCUT2D eigenvalue weighted by Gasteiger charge is 2.13. The van der Waals surface area contributed by atoms with E-state index in [4.69, 9.17) is 10.5 Å². The molecule has 6 nitrogen and oxygen atoms in total. The third-order valence-electron chi connectivity index (χ3n) is 1.97. The van der Waals surface area contributed by atoms with Crippen LogP contribution in [0, 0.1) is 0 Å². The van der Waals surface area contributed by atoms with E-state index in [9.17, 15) is 4.79 Å². The zero-order valence-electron chi connectivity index (χ0n) is 8.69. The van der Waals surface area contributed by atoms with Crippen molar-refractivity contribution in [1.29, 1.82) is 0 Å². The Balaban J connectivity index is 2.27. The molecule has 1 aromatic rings. The molecule has 4 N–H and O–H groups in total. The first-order valence-corrected chi connectivity index (χ1v) is 4.78. The van der Waals surface area contributed by atoms with Crippen LogP contribution in [0.2, 0.25) is 0 Å². The van der Waals surface area contributed by atoms with Crippen LogP contribution in [-0.4, -0.2) is 35.9 Å². The molecule has 0 saturated heterocycles. The molecular weight excluding hydrogens is 196 g/mol. The van der Waals surface area contributed by atoms with Crippen LogP contribution >= 0.6 is 0 Å². The highest BCUT2D eigenvalue weighted by atomic mass is 16.5. The molecule has 0 aliphatic carbocycles. The molecule has 0 spiro atoms. The van der Waals surface area contributed by atoms with Gasteiger partial charge in [-0.2, -0.15) is 5.10 Å². The highest BCUT2D eigenvalue weighted by molar-refractivity contribution is 5.94. The first-order chi connectivity index (χ1) is 7.24. The predicted octanol–water partition coefficient (Wildman–Crippen LogP) is 0.102. The van der Waals surface area contributed by atoms with E-state index in [0.717, 1.165) is 6.42 Å². The Morgan fingerprint density at radius 3 is 3.20 bits per heavy atom. The molecule has 0 saturated carbocycles. The fourth-order valence-corrected chi connectivity index (χ4v) is 1.13. The largest absolute Gasteiger partial charge is 0.385 e. The molecule has 1 aromatic heterocycles. The van der Waals surface area contributed by atoms with Gasteiger partial charge < -0.3 is 15.8 Å². The summed E-state index contributed by atoms with van der Waals surface area (Å²) in [7, 11) is 1.62. The molecule has 1 atom stereocenters. The summed E-state index contributed by atoms with van der Waals surface area (Å²) in [4.78, 5) is 11.5. The lowest BCUT2D eigenvalue weighted by molar-refractivity contribution is -0.117. The van der Waals surface area contributed by atoms with Crippen LogP contribution in [-0.2, 0) is 9.53 Å². The number of H-pyrrole nitrogens is 1. The maximum atomic E-state index is 11.5. The van der Waals surface area contributed by atoms with Crippen LogP contribution in [0.4, 0.5) is 5.69 Å². The number of nitrogens with one attached hydrogen (secondary N) is 2. The number of carbonyl (C=O) groups excluding carboxylic acids is 1. The summed E-state index contributed by atoms with van der Waals surface area (Å²) in [6.45, 7) is 0.618. The summed E-state index contributed by atoms with van der Waals surface area (Å²) in [5, 5.41) is 8.96. The lowest BCUT2D eigenvalue weighted by atomic mass is 10.1. The molecule has 0 aromatic carbocycles. The standard InChI is InChI=1S/C9H16N4O2/c1-15-4-2-3-8(10)9(14)13-7-5-11-12-6-7/h5-6,8H,2-4,10H2,1H3,(H,11,12)(H,13,14). The van der Waals surface area contributed by atoms with Gasteiger partial charge in [-0.3, -0.25) is 9.89 Å². The first kappa shape index (κ1) is 11.7. The summed E-state index contributed by atoms with van der Waals surface area (Å²) in [6.07, 6.45) is 4.51. The minimum atomic E-state index is -0.505. The van der Waals surface area contributed by atoms with Gasteiger partial charge in [0.05, 0.1) is 17.9 Å². The lowest BCUT2D eigenvalue weighted by Gasteiger charge is -2.10. The maximum absolute atomic E-state index is 11.5. The van der Waals surface area contributed by atoms with Crippen LogP contribution in [0.1, 0.15) is 12.8 Å². The van der Waals surface area contributed by atoms with E-state index >= 15 is 0 Å². The van der Waals surface area contributed by atoms with Gasteiger partial charge in [0, 0.05) is 19.9 Å². The number of carbonyl (C=O) groups is 1. The van der Waals surface area contributed by atoms with Crippen LogP contribution in [0.25, 0.3) is 0 Å². The SMILES string of the molecule is COCCCC(N)C(=O)Nc1cn[nH]c1. The van der Waals surface area contributed by atoms with E-state index in [1.54, 1.807) is 13.3 Å². The second-order valence-electron chi connectivity index (χ2n) is 3.22. The molecule has 1 unspecified atom stereocenters. The molecule has 6 heteroatoms. The molecule has 0 bridgehead atoms. The average Bonchev–Trinajstić information content (AvgIpc) is 2.70. The summed E-state index contributed by atoms with van der Waals surface area (Å²) in [5.41, 5.74) is 6.30. The van der Waals surface area contributed by atoms with Crippen LogP contribution in [0.5, 0.6) is 0 Å². The molecule has 0 fully saturated rings. The summed E-state index contributed by atoms with van der Waals surface area (Å²) in [6, 6.07) is -0.505. The Morgan fingerprint density at radius 1 is 1.80 bits per heavy atom. The van der Waals surface area contributed by atoms with E-state index in [1.165, 1.54) is 6.20 Å². The minimum absolute atomic E-state index is 0.201. The normalized spacial score (nSPS) is 12.4. The van der Waals surface area contributed by atoms with E-state index in [2.05, 4.69) is 15.5 Å². The third-order valence-corrected chi connectivity index (χ3v) is 1.97. The number of ether oxygens (including phenoxy) is 1. The van der Waals surface area contributed by atoms with Gasteiger partial charge in [-0.15, -0.1) is 0 Å². The highest BCUT2D eigenvalue weighted by Crippen LogP contribution is 2.03. The van der Waals surface area contributed by atoms with Crippen molar-refractivity contribution in [3.8, 4) is 0 Å². The second-order valence-corrected chi connectivity index (χ2v) is 3.22. The van der Waals surface area contributed by atoms with Gasteiger partial charge in [0.25, 0.3) is 0 Å². The topological polar surface area (TPSA) is 93.0 Å². The molecule has 1 heterocycles. The number of aromatic amines is 1. The van der Waals surface area contributed by atoms with E-state index in [-0.39, 0.29) is 5.91 Å².